The fourth-order valence-corrected chi connectivity index (χ4v) is 2.73. The highest BCUT2D eigenvalue weighted by Gasteiger charge is 2.38. The number of ether oxygens (including phenoxy) is 1. The fraction of sp³-hybridized carbons (Fsp3) is 0.438. The third-order valence-corrected chi connectivity index (χ3v) is 4.04. The molecule has 1 aromatic rings. The van der Waals surface area contributed by atoms with Crippen LogP contribution in [0.5, 0.6) is 0 Å². The van der Waals surface area contributed by atoms with Gasteiger partial charge in [-0.3, -0.25) is 14.6 Å². The van der Waals surface area contributed by atoms with Gasteiger partial charge in [0, 0.05) is 24.7 Å². The summed E-state index contributed by atoms with van der Waals surface area (Å²) in [5, 5.41) is -0.507. The zero-order valence-electron chi connectivity index (χ0n) is 13.0. The molecule has 0 amide bonds. The number of hydrogen-bond acceptors (Lipinski definition) is 4. The summed E-state index contributed by atoms with van der Waals surface area (Å²) in [5.74, 6) is -1.56. The van der Waals surface area contributed by atoms with Crippen molar-refractivity contribution in [2.45, 2.75) is 39.0 Å². The number of halogens is 4. The van der Waals surface area contributed by atoms with Crippen molar-refractivity contribution >= 4 is 23.4 Å². The van der Waals surface area contributed by atoms with E-state index in [1.165, 1.54) is 6.08 Å². The van der Waals surface area contributed by atoms with Crippen LogP contribution in [-0.2, 0) is 26.9 Å². The average Bonchev–Trinajstić information content (AvgIpc) is 2.74. The molecule has 0 aromatic carbocycles. The summed E-state index contributed by atoms with van der Waals surface area (Å²) < 4.78 is 44.0. The summed E-state index contributed by atoms with van der Waals surface area (Å²) in [6.45, 7) is 3.26. The first-order valence-corrected chi connectivity index (χ1v) is 7.64. The fourth-order valence-electron chi connectivity index (χ4n) is 2.52. The maximum atomic E-state index is 12.9. The summed E-state index contributed by atoms with van der Waals surface area (Å²) in [6, 6.07) is 0.821. The van der Waals surface area contributed by atoms with Crippen LogP contribution < -0.4 is 0 Å². The number of pyridine rings is 1. The molecule has 1 aromatic heterocycles. The highest BCUT2D eigenvalue weighted by molar-refractivity contribution is 6.31. The summed E-state index contributed by atoms with van der Waals surface area (Å²) in [5.41, 5.74) is -0.381. The van der Waals surface area contributed by atoms with E-state index < -0.39 is 34.8 Å². The van der Waals surface area contributed by atoms with Crippen molar-refractivity contribution in [1.29, 1.82) is 0 Å². The van der Waals surface area contributed by atoms with Gasteiger partial charge in [-0.2, -0.15) is 13.2 Å². The third-order valence-electron chi connectivity index (χ3n) is 3.74. The minimum absolute atomic E-state index is 0.0609. The predicted molar refractivity (Wildman–Crippen MR) is 80.4 cm³/mol. The Kier molecular flexibility index (Phi) is 5.32. The Hall–Kier alpha value is -1.89. The molecule has 4 nitrogen and oxygen atoms in total. The van der Waals surface area contributed by atoms with Crippen LogP contribution in [0.3, 0.4) is 0 Å². The Morgan fingerprint density at radius 2 is 2.08 bits per heavy atom. The highest BCUT2D eigenvalue weighted by atomic mass is 35.5. The molecule has 0 N–H and O–H groups in total. The van der Waals surface area contributed by atoms with Gasteiger partial charge in [0.05, 0.1) is 16.5 Å². The lowest BCUT2D eigenvalue weighted by Gasteiger charge is -2.21. The van der Waals surface area contributed by atoms with E-state index in [4.69, 9.17) is 16.3 Å². The van der Waals surface area contributed by atoms with Gasteiger partial charge in [0.2, 0.25) is 0 Å². The first-order valence-electron chi connectivity index (χ1n) is 7.26. The lowest BCUT2D eigenvalue weighted by atomic mass is 9.95. The molecule has 2 unspecified atom stereocenters. The molecule has 0 saturated heterocycles. The van der Waals surface area contributed by atoms with Gasteiger partial charge in [0.15, 0.2) is 5.78 Å². The predicted octanol–water partition coefficient (Wildman–Crippen LogP) is 3.76. The molecule has 130 valence electrons. The SMILES string of the molecule is CCC(=O)OC1C(C)=CC(=O)C1Cc1cc(C(F)(F)F)c(Cl)cn1. The van der Waals surface area contributed by atoms with Gasteiger partial charge in [-0.25, -0.2) is 0 Å². The molecule has 2 atom stereocenters. The second-order valence-electron chi connectivity index (χ2n) is 5.52. The molecule has 0 saturated carbocycles. The lowest BCUT2D eigenvalue weighted by Crippen LogP contribution is -2.29. The molecule has 8 heteroatoms. The standard InChI is InChI=1S/C16H15ClF3NO3/c1-3-14(23)24-15-8(2)4-13(22)10(15)5-9-6-11(16(18,19)20)12(17)7-21-9/h4,6-7,10,15H,3,5H2,1-2H3. The van der Waals surface area contributed by atoms with E-state index in [-0.39, 0.29) is 24.3 Å². The van der Waals surface area contributed by atoms with Crippen molar-refractivity contribution in [3.05, 3.63) is 40.2 Å². The Morgan fingerprint density at radius 3 is 2.67 bits per heavy atom. The molecule has 2 rings (SSSR count). The van der Waals surface area contributed by atoms with Gasteiger partial charge < -0.3 is 4.74 Å². The van der Waals surface area contributed by atoms with Crippen LogP contribution in [0.1, 0.15) is 31.5 Å². The number of nitrogens with zero attached hydrogens (tertiary/aromatic N) is 1. The lowest BCUT2D eigenvalue weighted by molar-refractivity contribution is -0.149. The average molecular weight is 362 g/mol. The van der Waals surface area contributed by atoms with E-state index in [1.54, 1.807) is 13.8 Å². The number of alkyl halides is 3. The minimum Gasteiger partial charge on any atom is -0.457 e. The van der Waals surface area contributed by atoms with Crippen LogP contribution in [0.25, 0.3) is 0 Å². The Bertz CT molecular complexity index is 700. The molecule has 0 radical (unpaired) electrons. The molecule has 24 heavy (non-hydrogen) atoms. The van der Waals surface area contributed by atoms with Crippen LogP contribution in [0, 0.1) is 5.92 Å². The van der Waals surface area contributed by atoms with Crippen LogP contribution in [-0.4, -0.2) is 22.8 Å². The van der Waals surface area contributed by atoms with Crippen LogP contribution in [0.4, 0.5) is 13.2 Å². The first kappa shape index (κ1) is 18.4. The van der Waals surface area contributed by atoms with Gasteiger partial charge in [0.25, 0.3) is 0 Å². The maximum Gasteiger partial charge on any atom is 0.417 e. The van der Waals surface area contributed by atoms with E-state index >= 15 is 0 Å². The summed E-state index contributed by atoms with van der Waals surface area (Å²) >= 11 is 5.54. The molecule has 1 aliphatic rings. The normalized spacial score (nSPS) is 20.9. The number of ketones is 1. The Balaban J connectivity index is 2.26. The number of allylic oxidation sites excluding steroid dienone is 1. The van der Waals surface area contributed by atoms with Crippen molar-refractivity contribution in [2.24, 2.45) is 5.92 Å². The highest BCUT2D eigenvalue weighted by Crippen LogP contribution is 2.35. The van der Waals surface area contributed by atoms with E-state index in [9.17, 15) is 22.8 Å². The summed E-state index contributed by atoms with van der Waals surface area (Å²) in [6.07, 6.45) is -3.07. The number of hydrogen-bond donors (Lipinski definition) is 0. The van der Waals surface area contributed by atoms with Gasteiger partial charge >= 0.3 is 12.1 Å². The molecule has 0 fully saturated rings. The van der Waals surface area contributed by atoms with Gasteiger partial charge in [0.1, 0.15) is 6.10 Å². The first-order chi connectivity index (χ1) is 11.1. The quantitative estimate of drug-likeness (QED) is 0.766. The zero-order chi connectivity index (χ0) is 18.1. The van der Waals surface area contributed by atoms with Gasteiger partial charge in [-0.15, -0.1) is 0 Å². The molecular formula is C16H15ClF3NO3. The molecule has 0 aliphatic heterocycles. The third kappa shape index (κ3) is 3.95. The van der Waals surface area contributed by atoms with E-state index in [0.717, 1.165) is 12.3 Å². The van der Waals surface area contributed by atoms with Crippen molar-refractivity contribution in [3.8, 4) is 0 Å². The molecule has 0 bridgehead atoms. The monoisotopic (exact) mass is 361 g/mol. The van der Waals surface area contributed by atoms with Crippen molar-refractivity contribution in [2.75, 3.05) is 0 Å². The summed E-state index contributed by atoms with van der Waals surface area (Å²) in [7, 11) is 0. The Labute approximate surface area is 141 Å². The summed E-state index contributed by atoms with van der Waals surface area (Å²) in [4.78, 5) is 27.4. The molecule has 1 heterocycles. The number of carbonyl (C=O) groups excluding carboxylic acids is 2. The smallest absolute Gasteiger partial charge is 0.417 e. The van der Waals surface area contributed by atoms with Crippen LogP contribution in [0.15, 0.2) is 23.9 Å². The number of carbonyl (C=O) groups is 2. The second-order valence-corrected chi connectivity index (χ2v) is 5.93. The molecule has 1 aliphatic carbocycles. The van der Waals surface area contributed by atoms with E-state index in [0.29, 0.717) is 5.57 Å². The van der Waals surface area contributed by atoms with Crippen LogP contribution in [0.2, 0.25) is 5.02 Å². The molecular weight excluding hydrogens is 347 g/mol. The van der Waals surface area contributed by atoms with Crippen molar-refractivity contribution in [3.63, 3.8) is 0 Å². The Morgan fingerprint density at radius 1 is 1.42 bits per heavy atom. The maximum absolute atomic E-state index is 12.9. The number of rotatable bonds is 4. The van der Waals surface area contributed by atoms with E-state index in [2.05, 4.69) is 4.98 Å². The van der Waals surface area contributed by atoms with Crippen molar-refractivity contribution < 1.29 is 27.5 Å². The van der Waals surface area contributed by atoms with Crippen molar-refractivity contribution in [1.82, 2.24) is 4.98 Å². The van der Waals surface area contributed by atoms with E-state index in [1.807, 2.05) is 0 Å². The van der Waals surface area contributed by atoms with Gasteiger partial charge in [-0.1, -0.05) is 18.5 Å². The largest absolute Gasteiger partial charge is 0.457 e. The minimum atomic E-state index is -4.61. The number of aromatic nitrogens is 1. The number of esters is 1. The van der Waals surface area contributed by atoms with Gasteiger partial charge in [-0.05, 0) is 24.6 Å². The topological polar surface area (TPSA) is 56.3 Å². The molecule has 0 spiro atoms. The second kappa shape index (κ2) is 6.93. The van der Waals surface area contributed by atoms with Crippen LogP contribution >= 0.6 is 11.6 Å². The zero-order valence-corrected chi connectivity index (χ0v) is 13.7.